The largest absolute Gasteiger partial charge is 0.313 e. The summed E-state index contributed by atoms with van der Waals surface area (Å²) in [6, 6.07) is 8.90. The van der Waals surface area contributed by atoms with Crippen LogP contribution in [0.3, 0.4) is 0 Å². The summed E-state index contributed by atoms with van der Waals surface area (Å²) in [5, 5.41) is 7.95. The topological polar surface area (TPSA) is 29.9 Å². The SMILES string of the molecule is CCc1cc(CC(NC)c2cccc(C)c2Br)n(C)n1. The van der Waals surface area contributed by atoms with Crippen LogP contribution in [0.4, 0.5) is 0 Å². The maximum absolute atomic E-state index is 4.53. The van der Waals surface area contributed by atoms with Crippen LogP contribution in [0.5, 0.6) is 0 Å². The van der Waals surface area contributed by atoms with Crippen LogP contribution in [0.2, 0.25) is 0 Å². The zero-order valence-electron chi connectivity index (χ0n) is 12.6. The molecule has 1 N–H and O–H groups in total. The van der Waals surface area contributed by atoms with E-state index in [0.717, 1.165) is 18.5 Å². The summed E-state index contributed by atoms with van der Waals surface area (Å²) < 4.78 is 3.18. The molecule has 20 heavy (non-hydrogen) atoms. The standard InChI is InChI=1S/C16H22BrN3/c1-5-12-9-13(20(4)19-12)10-15(18-3)14-8-6-7-11(2)16(14)17/h6-9,15,18H,5,10H2,1-4H3. The highest BCUT2D eigenvalue weighted by molar-refractivity contribution is 9.10. The Morgan fingerprint density at radius 2 is 2.15 bits per heavy atom. The Morgan fingerprint density at radius 3 is 2.75 bits per heavy atom. The maximum Gasteiger partial charge on any atom is 0.0624 e. The maximum atomic E-state index is 4.53. The predicted octanol–water partition coefficient (Wildman–Crippen LogP) is 3.56. The van der Waals surface area contributed by atoms with Crippen molar-refractivity contribution in [2.45, 2.75) is 32.7 Å². The van der Waals surface area contributed by atoms with Gasteiger partial charge in [-0.1, -0.05) is 41.1 Å². The first kappa shape index (κ1) is 15.3. The first-order chi connectivity index (χ1) is 9.56. The van der Waals surface area contributed by atoms with Gasteiger partial charge in [0.1, 0.15) is 0 Å². The number of aryl methyl sites for hydroxylation is 3. The minimum atomic E-state index is 0.282. The van der Waals surface area contributed by atoms with Gasteiger partial charge in [-0.05, 0) is 37.6 Å². The van der Waals surface area contributed by atoms with Crippen LogP contribution in [0.1, 0.15) is 35.5 Å². The fraction of sp³-hybridized carbons (Fsp3) is 0.438. The zero-order chi connectivity index (χ0) is 14.7. The van der Waals surface area contributed by atoms with Gasteiger partial charge in [0.15, 0.2) is 0 Å². The van der Waals surface area contributed by atoms with Crippen LogP contribution in [0.15, 0.2) is 28.7 Å². The van der Waals surface area contributed by atoms with Crippen molar-refractivity contribution in [3.8, 4) is 0 Å². The summed E-state index contributed by atoms with van der Waals surface area (Å²) in [6.45, 7) is 4.26. The molecule has 0 aliphatic carbocycles. The second-order valence-corrected chi connectivity index (χ2v) is 5.92. The molecule has 0 saturated heterocycles. The Labute approximate surface area is 129 Å². The number of aromatic nitrogens is 2. The summed E-state index contributed by atoms with van der Waals surface area (Å²) >= 11 is 3.71. The molecule has 2 rings (SSSR count). The molecule has 0 fully saturated rings. The lowest BCUT2D eigenvalue weighted by molar-refractivity contribution is 0.559. The van der Waals surface area contributed by atoms with Crippen LogP contribution in [0, 0.1) is 6.92 Å². The Hall–Kier alpha value is -1.13. The number of nitrogens with zero attached hydrogens (tertiary/aromatic N) is 2. The molecule has 0 bridgehead atoms. The first-order valence-electron chi connectivity index (χ1n) is 7.00. The molecule has 0 radical (unpaired) electrons. The Bertz CT molecular complexity index is 589. The second kappa shape index (κ2) is 6.55. The van der Waals surface area contributed by atoms with Crippen molar-refractivity contribution in [2.24, 2.45) is 7.05 Å². The molecule has 1 heterocycles. The Balaban J connectivity index is 2.28. The molecule has 1 aromatic carbocycles. The van der Waals surface area contributed by atoms with E-state index in [1.807, 2.05) is 18.8 Å². The van der Waals surface area contributed by atoms with Gasteiger partial charge < -0.3 is 5.32 Å². The Morgan fingerprint density at radius 1 is 1.40 bits per heavy atom. The molecule has 1 unspecified atom stereocenters. The van der Waals surface area contributed by atoms with E-state index in [1.165, 1.54) is 21.3 Å². The first-order valence-corrected chi connectivity index (χ1v) is 7.80. The number of hydrogen-bond acceptors (Lipinski definition) is 2. The molecule has 1 atom stereocenters. The smallest absolute Gasteiger partial charge is 0.0624 e. The van der Waals surface area contributed by atoms with Crippen LogP contribution in [-0.4, -0.2) is 16.8 Å². The predicted molar refractivity (Wildman–Crippen MR) is 87.0 cm³/mol. The van der Waals surface area contributed by atoms with Gasteiger partial charge in [0.05, 0.1) is 5.69 Å². The van der Waals surface area contributed by atoms with Gasteiger partial charge in [-0.15, -0.1) is 0 Å². The van der Waals surface area contributed by atoms with Gasteiger partial charge in [-0.3, -0.25) is 4.68 Å². The third-order valence-corrected chi connectivity index (χ3v) is 4.83. The van der Waals surface area contributed by atoms with Gasteiger partial charge in [0.2, 0.25) is 0 Å². The molecule has 1 aromatic heterocycles. The summed E-state index contributed by atoms with van der Waals surface area (Å²) in [5.74, 6) is 0. The average Bonchev–Trinajstić information content (AvgIpc) is 2.80. The van der Waals surface area contributed by atoms with Gasteiger partial charge in [0, 0.05) is 29.7 Å². The van der Waals surface area contributed by atoms with E-state index < -0.39 is 0 Å². The second-order valence-electron chi connectivity index (χ2n) is 5.13. The van der Waals surface area contributed by atoms with Crippen molar-refractivity contribution in [3.05, 3.63) is 51.3 Å². The molecule has 108 valence electrons. The van der Waals surface area contributed by atoms with E-state index in [-0.39, 0.29) is 6.04 Å². The van der Waals surface area contributed by atoms with Gasteiger partial charge in [-0.25, -0.2) is 0 Å². The average molecular weight is 336 g/mol. The van der Waals surface area contributed by atoms with Gasteiger partial charge in [0.25, 0.3) is 0 Å². The van der Waals surface area contributed by atoms with Crippen molar-refractivity contribution < 1.29 is 0 Å². The third kappa shape index (κ3) is 3.13. The lowest BCUT2D eigenvalue weighted by atomic mass is 10.00. The molecule has 0 aliphatic rings. The van der Waals surface area contributed by atoms with E-state index >= 15 is 0 Å². The summed E-state index contributed by atoms with van der Waals surface area (Å²) in [7, 11) is 4.03. The van der Waals surface area contributed by atoms with Crippen molar-refractivity contribution in [1.82, 2.24) is 15.1 Å². The van der Waals surface area contributed by atoms with E-state index in [9.17, 15) is 0 Å². The third-order valence-electron chi connectivity index (χ3n) is 3.75. The minimum absolute atomic E-state index is 0.282. The lowest BCUT2D eigenvalue weighted by Crippen LogP contribution is -2.20. The van der Waals surface area contributed by atoms with E-state index in [1.54, 1.807) is 0 Å². The van der Waals surface area contributed by atoms with Crippen LogP contribution >= 0.6 is 15.9 Å². The fourth-order valence-electron chi connectivity index (χ4n) is 2.45. The highest BCUT2D eigenvalue weighted by Crippen LogP contribution is 2.28. The van der Waals surface area contributed by atoms with E-state index in [2.05, 4.69) is 64.5 Å². The Kier molecular flexibility index (Phi) is 5.00. The van der Waals surface area contributed by atoms with E-state index in [4.69, 9.17) is 0 Å². The number of hydrogen-bond donors (Lipinski definition) is 1. The van der Waals surface area contributed by atoms with Crippen LogP contribution < -0.4 is 5.32 Å². The monoisotopic (exact) mass is 335 g/mol. The number of benzene rings is 1. The van der Waals surface area contributed by atoms with Crippen molar-refractivity contribution >= 4 is 15.9 Å². The molecule has 3 nitrogen and oxygen atoms in total. The number of rotatable bonds is 5. The molecular weight excluding hydrogens is 314 g/mol. The molecule has 0 spiro atoms. The normalized spacial score (nSPS) is 12.7. The minimum Gasteiger partial charge on any atom is -0.313 e. The number of nitrogens with one attached hydrogen (secondary N) is 1. The number of halogens is 1. The summed E-state index contributed by atoms with van der Waals surface area (Å²) in [5.41, 5.74) is 4.98. The highest BCUT2D eigenvalue weighted by Gasteiger charge is 2.16. The quantitative estimate of drug-likeness (QED) is 0.905. The van der Waals surface area contributed by atoms with Gasteiger partial charge >= 0.3 is 0 Å². The van der Waals surface area contributed by atoms with Crippen LogP contribution in [-0.2, 0) is 19.9 Å². The fourth-order valence-corrected chi connectivity index (χ4v) is 2.99. The summed E-state index contributed by atoms with van der Waals surface area (Å²) in [6.07, 6.45) is 1.91. The van der Waals surface area contributed by atoms with Crippen molar-refractivity contribution in [3.63, 3.8) is 0 Å². The van der Waals surface area contributed by atoms with Crippen molar-refractivity contribution in [2.75, 3.05) is 7.05 Å². The molecule has 4 heteroatoms. The highest BCUT2D eigenvalue weighted by atomic mass is 79.9. The molecule has 2 aromatic rings. The van der Waals surface area contributed by atoms with Crippen molar-refractivity contribution in [1.29, 1.82) is 0 Å². The van der Waals surface area contributed by atoms with Gasteiger partial charge in [-0.2, -0.15) is 5.10 Å². The van der Waals surface area contributed by atoms with Crippen LogP contribution in [0.25, 0.3) is 0 Å². The zero-order valence-corrected chi connectivity index (χ0v) is 14.2. The van der Waals surface area contributed by atoms with E-state index in [0.29, 0.717) is 0 Å². The molecule has 0 amide bonds. The summed E-state index contributed by atoms with van der Waals surface area (Å²) in [4.78, 5) is 0. The molecule has 0 saturated carbocycles. The molecule has 0 aliphatic heterocycles. The molecular formula is C16H22BrN3. The number of likely N-dealkylation sites (N-methyl/N-ethyl adjacent to an activating group) is 1. The lowest BCUT2D eigenvalue weighted by Gasteiger charge is -2.19.